The topological polar surface area (TPSA) is 70.1 Å². The number of methoxy groups -OCH3 is 1. The van der Waals surface area contributed by atoms with Gasteiger partial charge in [0, 0.05) is 6.20 Å². The van der Waals surface area contributed by atoms with Gasteiger partial charge in [-0.25, -0.2) is 4.79 Å². The third-order valence-electron chi connectivity index (χ3n) is 2.85. The number of carbonyl (C=O) groups is 1. The standard InChI is InChI=1S/C13H14IN3O2/c1-19-12(18)13(15,10-5-3-2-4-6-10)9-17-8-11(14)7-16-17/h2-8H,9,15H2,1H3. The van der Waals surface area contributed by atoms with Gasteiger partial charge in [0.1, 0.15) is 0 Å². The molecule has 6 heteroatoms. The molecule has 0 bridgehead atoms. The molecule has 0 saturated carbocycles. The highest BCUT2D eigenvalue weighted by molar-refractivity contribution is 14.1. The van der Waals surface area contributed by atoms with Crippen molar-refractivity contribution in [1.82, 2.24) is 9.78 Å². The summed E-state index contributed by atoms with van der Waals surface area (Å²) in [7, 11) is 1.33. The normalized spacial score (nSPS) is 13.8. The molecule has 1 atom stereocenters. The highest BCUT2D eigenvalue weighted by Crippen LogP contribution is 2.22. The lowest BCUT2D eigenvalue weighted by Gasteiger charge is -2.26. The lowest BCUT2D eigenvalue weighted by molar-refractivity contribution is -0.148. The molecule has 0 fully saturated rings. The summed E-state index contributed by atoms with van der Waals surface area (Å²) in [4.78, 5) is 12.1. The van der Waals surface area contributed by atoms with Gasteiger partial charge in [-0.15, -0.1) is 0 Å². The monoisotopic (exact) mass is 371 g/mol. The van der Waals surface area contributed by atoms with Crippen molar-refractivity contribution < 1.29 is 9.53 Å². The number of hydrogen-bond acceptors (Lipinski definition) is 4. The molecule has 0 aliphatic carbocycles. The molecule has 100 valence electrons. The van der Waals surface area contributed by atoms with Crippen molar-refractivity contribution in [2.45, 2.75) is 12.1 Å². The molecule has 1 aromatic carbocycles. The van der Waals surface area contributed by atoms with E-state index < -0.39 is 11.5 Å². The predicted molar refractivity (Wildman–Crippen MR) is 79.3 cm³/mol. The second kappa shape index (κ2) is 5.70. The molecule has 19 heavy (non-hydrogen) atoms. The number of ether oxygens (including phenoxy) is 1. The number of esters is 1. The number of halogens is 1. The van der Waals surface area contributed by atoms with E-state index in [4.69, 9.17) is 10.5 Å². The Morgan fingerprint density at radius 3 is 2.68 bits per heavy atom. The van der Waals surface area contributed by atoms with Crippen molar-refractivity contribution in [2.75, 3.05) is 7.11 Å². The van der Waals surface area contributed by atoms with Crippen molar-refractivity contribution in [3.05, 3.63) is 51.9 Å². The Morgan fingerprint density at radius 1 is 1.47 bits per heavy atom. The molecular weight excluding hydrogens is 357 g/mol. The molecule has 0 saturated heterocycles. The summed E-state index contributed by atoms with van der Waals surface area (Å²) in [5.74, 6) is -0.482. The highest BCUT2D eigenvalue weighted by atomic mass is 127. The van der Waals surface area contributed by atoms with E-state index in [-0.39, 0.29) is 6.54 Å². The molecule has 5 nitrogen and oxygen atoms in total. The Kier molecular flexibility index (Phi) is 4.20. The number of nitrogens with zero attached hydrogens (tertiary/aromatic N) is 2. The van der Waals surface area contributed by atoms with Gasteiger partial charge in [0.25, 0.3) is 0 Å². The summed E-state index contributed by atoms with van der Waals surface area (Å²) < 4.78 is 7.47. The fourth-order valence-corrected chi connectivity index (χ4v) is 2.32. The predicted octanol–water partition coefficient (Wildman–Crippen LogP) is 1.51. The molecule has 1 aromatic heterocycles. The van der Waals surface area contributed by atoms with E-state index in [0.29, 0.717) is 5.56 Å². The summed E-state index contributed by atoms with van der Waals surface area (Å²) in [6, 6.07) is 9.17. The van der Waals surface area contributed by atoms with Gasteiger partial charge in [0.05, 0.1) is 23.4 Å². The molecule has 2 aromatic rings. The van der Waals surface area contributed by atoms with Gasteiger partial charge in [0.15, 0.2) is 5.54 Å². The largest absolute Gasteiger partial charge is 0.467 e. The van der Waals surface area contributed by atoms with E-state index in [1.54, 1.807) is 10.9 Å². The Bertz CT molecular complexity index is 570. The zero-order valence-electron chi connectivity index (χ0n) is 10.4. The maximum Gasteiger partial charge on any atom is 0.332 e. The fraction of sp³-hybridized carbons (Fsp3) is 0.231. The summed E-state index contributed by atoms with van der Waals surface area (Å²) in [5.41, 5.74) is 5.73. The summed E-state index contributed by atoms with van der Waals surface area (Å²) >= 11 is 2.15. The maximum absolute atomic E-state index is 12.1. The Balaban J connectivity index is 2.38. The number of aromatic nitrogens is 2. The van der Waals surface area contributed by atoms with Crippen molar-refractivity contribution in [1.29, 1.82) is 0 Å². The summed E-state index contributed by atoms with van der Waals surface area (Å²) in [5, 5.41) is 4.16. The van der Waals surface area contributed by atoms with Crippen molar-refractivity contribution >= 4 is 28.6 Å². The molecule has 0 aliphatic rings. The van der Waals surface area contributed by atoms with E-state index in [1.165, 1.54) is 7.11 Å². The van der Waals surface area contributed by atoms with Gasteiger partial charge in [0.2, 0.25) is 0 Å². The Hall–Kier alpha value is -1.41. The van der Waals surface area contributed by atoms with Crippen LogP contribution in [0.3, 0.4) is 0 Å². The number of benzene rings is 1. The third kappa shape index (κ3) is 2.95. The molecule has 0 amide bonds. The Labute approximate surface area is 124 Å². The Morgan fingerprint density at radius 2 is 2.16 bits per heavy atom. The minimum atomic E-state index is -1.24. The molecule has 0 aliphatic heterocycles. The van der Waals surface area contributed by atoms with E-state index in [1.807, 2.05) is 36.5 Å². The van der Waals surface area contributed by atoms with Crippen molar-refractivity contribution in [3.63, 3.8) is 0 Å². The molecule has 2 N–H and O–H groups in total. The van der Waals surface area contributed by atoms with Crippen LogP contribution < -0.4 is 5.73 Å². The molecule has 0 radical (unpaired) electrons. The van der Waals surface area contributed by atoms with Gasteiger partial charge in [-0.3, -0.25) is 4.68 Å². The number of carbonyl (C=O) groups excluding carboxylic acids is 1. The lowest BCUT2D eigenvalue weighted by Crippen LogP contribution is -2.49. The molecule has 2 rings (SSSR count). The average molecular weight is 371 g/mol. The van der Waals surface area contributed by atoms with Crippen LogP contribution in [0.4, 0.5) is 0 Å². The van der Waals surface area contributed by atoms with Gasteiger partial charge in [-0.2, -0.15) is 5.10 Å². The van der Waals surface area contributed by atoms with E-state index in [2.05, 4.69) is 27.7 Å². The first-order valence-electron chi connectivity index (χ1n) is 5.67. The third-order valence-corrected chi connectivity index (χ3v) is 3.41. The highest BCUT2D eigenvalue weighted by Gasteiger charge is 2.38. The number of rotatable bonds is 4. The van der Waals surface area contributed by atoms with E-state index in [0.717, 1.165) is 3.57 Å². The molecule has 0 spiro atoms. The quantitative estimate of drug-likeness (QED) is 0.654. The summed E-state index contributed by atoms with van der Waals surface area (Å²) in [6.45, 7) is 0.229. The van der Waals surface area contributed by atoms with Crippen molar-refractivity contribution in [3.8, 4) is 0 Å². The second-order valence-corrected chi connectivity index (χ2v) is 5.43. The SMILES string of the molecule is COC(=O)C(N)(Cn1cc(I)cn1)c1ccccc1. The van der Waals surface area contributed by atoms with Crippen LogP contribution in [0, 0.1) is 3.57 Å². The van der Waals surface area contributed by atoms with Gasteiger partial charge >= 0.3 is 5.97 Å². The minimum Gasteiger partial charge on any atom is -0.467 e. The van der Waals surface area contributed by atoms with Crippen LogP contribution in [-0.4, -0.2) is 22.9 Å². The fourth-order valence-electron chi connectivity index (χ4n) is 1.87. The zero-order valence-corrected chi connectivity index (χ0v) is 12.6. The first kappa shape index (κ1) is 14.0. The van der Waals surface area contributed by atoms with Crippen LogP contribution in [-0.2, 0) is 21.6 Å². The van der Waals surface area contributed by atoms with Crippen LogP contribution in [0.1, 0.15) is 5.56 Å². The van der Waals surface area contributed by atoms with Crippen LogP contribution in [0.5, 0.6) is 0 Å². The first-order chi connectivity index (χ1) is 9.06. The minimum absolute atomic E-state index is 0.229. The first-order valence-corrected chi connectivity index (χ1v) is 6.75. The maximum atomic E-state index is 12.1. The molecular formula is C13H14IN3O2. The van der Waals surface area contributed by atoms with Crippen LogP contribution in [0.2, 0.25) is 0 Å². The average Bonchev–Trinajstić information content (AvgIpc) is 2.83. The molecule has 1 heterocycles. The van der Waals surface area contributed by atoms with Crippen LogP contribution in [0.25, 0.3) is 0 Å². The number of hydrogen-bond donors (Lipinski definition) is 1. The molecule has 1 unspecified atom stereocenters. The second-order valence-electron chi connectivity index (χ2n) is 4.19. The summed E-state index contributed by atoms with van der Waals surface area (Å²) in [6.07, 6.45) is 3.54. The van der Waals surface area contributed by atoms with Gasteiger partial charge in [-0.05, 0) is 28.2 Å². The van der Waals surface area contributed by atoms with Gasteiger partial charge < -0.3 is 10.5 Å². The van der Waals surface area contributed by atoms with E-state index >= 15 is 0 Å². The van der Waals surface area contributed by atoms with Crippen molar-refractivity contribution in [2.24, 2.45) is 5.73 Å². The smallest absolute Gasteiger partial charge is 0.332 e. The van der Waals surface area contributed by atoms with Gasteiger partial charge in [-0.1, -0.05) is 30.3 Å². The van der Waals surface area contributed by atoms with Crippen LogP contribution in [0.15, 0.2) is 42.7 Å². The van der Waals surface area contributed by atoms with Crippen LogP contribution >= 0.6 is 22.6 Å². The lowest BCUT2D eigenvalue weighted by atomic mass is 9.91. The van der Waals surface area contributed by atoms with E-state index in [9.17, 15) is 4.79 Å². The zero-order chi connectivity index (χ0) is 13.9. The number of nitrogens with two attached hydrogens (primary N) is 1.